The molecule has 0 saturated carbocycles. The van der Waals surface area contributed by atoms with Crippen molar-refractivity contribution in [3.63, 3.8) is 0 Å². The number of sulfonamides is 1. The normalized spacial score (nSPS) is 16.2. The van der Waals surface area contributed by atoms with Crippen molar-refractivity contribution in [1.82, 2.24) is 0 Å². The van der Waals surface area contributed by atoms with Gasteiger partial charge in [0.15, 0.2) is 0 Å². The van der Waals surface area contributed by atoms with Crippen LogP contribution in [0.1, 0.15) is 30.4 Å². The molecule has 0 radical (unpaired) electrons. The van der Waals surface area contributed by atoms with Gasteiger partial charge in [-0.05, 0) is 54.3 Å². The van der Waals surface area contributed by atoms with Gasteiger partial charge in [-0.15, -0.1) is 0 Å². The molecule has 1 heterocycles. The summed E-state index contributed by atoms with van der Waals surface area (Å²) in [5, 5.41) is 19.5. The molecular formula is C31H35NO7S. The van der Waals surface area contributed by atoms with Gasteiger partial charge in [-0.25, -0.2) is 8.42 Å². The Balaban J connectivity index is 1.42. The van der Waals surface area contributed by atoms with Gasteiger partial charge < -0.3 is 19.7 Å². The van der Waals surface area contributed by atoms with Gasteiger partial charge in [0.2, 0.25) is 0 Å². The predicted octanol–water partition coefficient (Wildman–Crippen LogP) is 4.78. The largest absolute Gasteiger partial charge is 0.493 e. The molecule has 0 bridgehead atoms. The van der Waals surface area contributed by atoms with Crippen LogP contribution in [0.25, 0.3) is 6.08 Å². The number of aryl methyl sites for hydroxylation is 1. The molecule has 1 aliphatic rings. The highest BCUT2D eigenvalue weighted by Crippen LogP contribution is 2.28. The molecule has 8 nitrogen and oxygen atoms in total. The van der Waals surface area contributed by atoms with Crippen LogP contribution in [-0.2, 0) is 26.0 Å². The maximum atomic E-state index is 13.6. The van der Waals surface area contributed by atoms with E-state index in [2.05, 4.69) is 0 Å². The van der Waals surface area contributed by atoms with E-state index in [0.29, 0.717) is 44.0 Å². The first-order valence-corrected chi connectivity index (χ1v) is 14.8. The van der Waals surface area contributed by atoms with Crippen LogP contribution in [0, 0.1) is 5.92 Å². The smallest absolute Gasteiger partial charge is 0.303 e. The van der Waals surface area contributed by atoms with Crippen molar-refractivity contribution >= 4 is 27.8 Å². The molecule has 3 aromatic carbocycles. The highest BCUT2D eigenvalue weighted by Gasteiger charge is 2.29. The number of rotatable bonds is 14. The predicted molar refractivity (Wildman–Crippen MR) is 154 cm³/mol. The Bertz CT molecular complexity index is 1390. The molecule has 2 N–H and O–H groups in total. The number of carboxylic acids is 1. The first kappa shape index (κ1) is 29.3. The number of carboxylic acid groups (broad SMARTS) is 1. The van der Waals surface area contributed by atoms with Gasteiger partial charge in [-0.3, -0.25) is 9.10 Å². The molecule has 0 spiro atoms. The molecule has 40 heavy (non-hydrogen) atoms. The minimum atomic E-state index is -3.79. The topological polar surface area (TPSA) is 113 Å². The van der Waals surface area contributed by atoms with Gasteiger partial charge in [0.1, 0.15) is 5.75 Å². The lowest BCUT2D eigenvalue weighted by atomic mass is 10.1. The van der Waals surface area contributed by atoms with E-state index in [1.165, 1.54) is 4.31 Å². The van der Waals surface area contributed by atoms with Gasteiger partial charge >= 0.3 is 5.97 Å². The lowest BCUT2D eigenvalue weighted by molar-refractivity contribution is -0.136. The maximum Gasteiger partial charge on any atom is 0.303 e. The Hall–Kier alpha value is -3.66. The third-order valence-corrected chi connectivity index (χ3v) is 8.51. The zero-order valence-corrected chi connectivity index (χ0v) is 23.1. The van der Waals surface area contributed by atoms with Crippen molar-refractivity contribution in [1.29, 1.82) is 0 Å². The number of aliphatic carboxylic acids is 1. The molecule has 4 rings (SSSR count). The molecule has 3 aromatic rings. The number of hydrogen-bond donors (Lipinski definition) is 2. The molecule has 9 heteroatoms. The average Bonchev–Trinajstić information content (AvgIpc) is 3.48. The van der Waals surface area contributed by atoms with Crippen molar-refractivity contribution in [3.05, 3.63) is 96.1 Å². The van der Waals surface area contributed by atoms with Crippen LogP contribution in [0.4, 0.5) is 5.69 Å². The van der Waals surface area contributed by atoms with Crippen molar-refractivity contribution in [2.75, 3.05) is 30.7 Å². The number of para-hydroxylation sites is 1. The molecule has 1 unspecified atom stereocenters. The number of hydrogen-bond acceptors (Lipinski definition) is 6. The second-order valence-corrected chi connectivity index (χ2v) is 11.6. The zero-order valence-electron chi connectivity index (χ0n) is 22.3. The Kier molecular flexibility index (Phi) is 10.3. The number of carbonyl (C=O) groups is 1. The minimum Gasteiger partial charge on any atom is -0.493 e. The van der Waals surface area contributed by atoms with E-state index in [4.69, 9.17) is 14.6 Å². The van der Waals surface area contributed by atoms with Gasteiger partial charge in [0.25, 0.3) is 10.0 Å². The first-order valence-electron chi connectivity index (χ1n) is 13.4. The molecule has 0 aliphatic carbocycles. The summed E-state index contributed by atoms with van der Waals surface area (Å²) in [5.74, 6) is -0.151. The van der Waals surface area contributed by atoms with Crippen LogP contribution >= 0.6 is 0 Å². The molecule has 0 amide bonds. The van der Waals surface area contributed by atoms with Gasteiger partial charge in [0, 0.05) is 31.9 Å². The standard InChI is InChI=1S/C31H35NO7S/c33-28(18-20-39-30-12-5-4-8-26(30)14-16-31(34)35)15-13-24-7-6-9-27(21-24)32(22-25-17-19-38-23-25)40(36,37)29-10-2-1-3-11-29/h1-13,15,21,25,28,33H,14,16-20,22-23H2,(H,34,35)/b15-13+/t25?,28-/m0/s1. The molecule has 1 aliphatic heterocycles. The number of aliphatic hydroxyl groups is 1. The van der Waals surface area contributed by atoms with Crippen LogP contribution in [0.5, 0.6) is 5.75 Å². The molecule has 1 fully saturated rings. The van der Waals surface area contributed by atoms with E-state index in [0.717, 1.165) is 17.5 Å². The summed E-state index contributed by atoms with van der Waals surface area (Å²) >= 11 is 0. The summed E-state index contributed by atoms with van der Waals surface area (Å²) in [6.07, 6.45) is 4.16. The summed E-state index contributed by atoms with van der Waals surface area (Å²) < 4.78 is 40.0. The Morgan fingerprint density at radius 3 is 2.60 bits per heavy atom. The average molecular weight is 566 g/mol. The third kappa shape index (κ3) is 8.17. The lowest BCUT2D eigenvalue weighted by Crippen LogP contribution is -2.35. The van der Waals surface area contributed by atoms with Crippen molar-refractivity contribution in [2.24, 2.45) is 5.92 Å². The molecular weight excluding hydrogens is 530 g/mol. The van der Waals surface area contributed by atoms with Crippen molar-refractivity contribution in [2.45, 2.75) is 36.7 Å². The van der Waals surface area contributed by atoms with Crippen LogP contribution in [0.3, 0.4) is 0 Å². The SMILES string of the molecule is O=C(O)CCc1ccccc1OCC[C@@H](O)/C=C/c1cccc(N(CC2CCOC2)S(=O)(=O)c2ccccc2)c1. The molecule has 1 saturated heterocycles. The Labute approximate surface area is 235 Å². The summed E-state index contributed by atoms with van der Waals surface area (Å²) in [6.45, 7) is 1.72. The van der Waals surface area contributed by atoms with E-state index in [1.54, 1.807) is 66.7 Å². The summed E-state index contributed by atoms with van der Waals surface area (Å²) in [7, 11) is -3.79. The van der Waals surface area contributed by atoms with E-state index < -0.39 is 22.1 Å². The van der Waals surface area contributed by atoms with Gasteiger partial charge in [-0.1, -0.05) is 60.7 Å². The van der Waals surface area contributed by atoms with Crippen LogP contribution in [0.15, 0.2) is 89.8 Å². The Morgan fingerprint density at radius 2 is 1.85 bits per heavy atom. The number of anilines is 1. The van der Waals surface area contributed by atoms with E-state index in [-0.39, 0.29) is 23.8 Å². The quantitative estimate of drug-likeness (QED) is 0.289. The van der Waals surface area contributed by atoms with E-state index in [9.17, 15) is 18.3 Å². The fourth-order valence-electron chi connectivity index (χ4n) is 4.51. The summed E-state index contributed by atoms with van der Waals surface area (Å²) in [5.41, 5.74) is 2.12. The second kappa shape index (κ2) is 14.1. The highest BCUT2D eigenvalue weighted by molar-refractivity contribution is 7.92. The van der Waals surface area contributed by atoms with Gasteiger partial charge in [-0.2, -0.15) is 0 Å². The van der Waals surface area contributed by atoms with Crippen LogP contribution < -0.4 is 9.04 Å². The summed E-state index contributed by atoms with van der Waals surface area (Å²) in [6, 6.07) is 22.9. The van der Waals surface area contributed by atoms with Crippen molar-refractivity contribution in [3.8, 4) is 5.75 Å². The molecule has 212 valence electrons. The lowest BCUT2D eigenvalue weighted by Gasteiger charge is -2.27. The monoisotopic (exact) mass is 565 g/mol. The fraction of sp³-hybridized carbons (Fsp3) is 0.323. The number of nitrogens with zero attached hydrogens (tertiary/aromatic N) is 1. The van der Waals surface area contributed by atoms with Crippen LogP contribution in [-0.4, -0.2) is 57.1 Å². The van der Waals surface area contributed by atoms with Gasteiger partial charge in [0.05, 0.1) is 29.9 Å². The molecule has 0 aromatic heterocycles. The number of benzene rings is 3. The van der Waals surface area contributed by atoms with Crippen LogP contribution in [0.2, 0.25) is 0 Å². The zero-order chi connectivity index (χ0) is 28.4. The number of ether oxygens (including phenoxy) is 2. The van der Waals surface area contributed by atoms with Crippen molar-refractivity contribution < 1.29 is 32.9 Å². The Morgan fingerprint density at radius 1 is 1.07 bits per heavy atom. The summed E-state index contributed by atoms with van der Waals surface area (Å²) in [4.78, 5) is 11.1. The molecule has 2 atom stereocenters. The van der Waals surface area contributed by atoms with E-state index >= 15 is 0 Å². The third-order valence-electron chi connectivity index (χ3n) is 6.70. The second-order valence-electron chi connectivity index (χ2n) is 9.74. The van der Waals surface area contributed by atoms with E-state index in [1.807, 2.05) is 24.3 Å². The maximum absolute atomic E-state index is 13.6. The fourth-order valence-corrected chi connectivity index (χ4v) is 6.06. The minimum absolute atomic E-state index is 0.0172. The first-order chi connectivity index (χ1) is 19.3. The number of aliphatic hydroxyl groups excluding tert-OH is 1. The highest BCUT2D eigenvalue weighted by atomic mass is 32.2.